The third-order valence-electron chi connectivity index (χ3n) is 8.03. The Kier molecular flexibility index (Phi) is 8.04. The zero-order valence-corrected chi connectivity index (χ0v) is 23.7. The molecule has 3 aliphatic rings. The summed E-state index contributed by atoms with van der Waals surface area (Å²) < 4.78 is 88.0. The van der Waals surface area contributed by atoms with Gasteiger partial charge >= 0.3 is 6.18 Å². The van der Waals surface area contributed by atoms with Crippen LogP contribution in [0.4, 0.5) is 27.6 Å². The second-order valence-corrected chi connectivity index (χ2v) is 14.7. The van der Waals surface area contributed by atoms with E-state index < -0.39 is 65.2 Å². The van der Waals surface area contributed by atoms with Crippen molar-refractivity contribution in [2.24, 2.45) is 5.92 Å². The third-order valence-corrected chi connectivity index (χ3v) is 10.9. The van der Waals surface area contributed by atoms with Gasteiger partial charge in [0, 0.05) is 50.4 Å². The van der Waals surface area contributed by atoms with Crippen LogP contribution in [-0.4, -0.2) is 62.2 Å². The molecule has 1 aromatic carbocycles. The molecular weight excluding hydrogens is 587 g/mol. The number of thiazole rings is 1. The molecule has 14 heteroatoms. The van der Waals surface area contributed by atoms with Crippen molar-refractivity contribution >= 4 is 33.5 Å². The lowest BCUT2D eigenvalue weighted by Crippen LogP contribution is -2.45. The number of hydrogen-bond donors (Lipinski definition) is 3. The normalized spacial score (nSPS) is 25.7. The lowest BCUT2D eigenvalue weighted by atomic mass is 9.74. The minimum absolute atomic E-state index is 0.0711. The topological polar surface area (TPSA) is 109 Å². The van der Waals surface area contributed by atoms with E-state index in [1.54, 1.807) is 12.1 Å². The third kappa shape index (κ3) is 7.13. The van der Waals surface area contributed by atoms with E-state index in [2.05, 4.69) is 10.3 Å². The Balaban J connectivity index is 1.46. The molecule has 7 nitrogen and oxygen atoms in total. The molecule has 224 valence electrons. The molecule has 0 spiro atoms. The monoisotopic (exact) mass is 618 g/mol. The maximum atomic E-state index is 14.6. The minimum Gasteiger partial charge on any atom is -0.368 e. The van der Waals surface area contributed by atoms with Gasteiger partial charge in [-0.15, -0.1) is 11.3 Å². The highest BCUT2D eigenvalue weighted by Gasteiger charge is 2.51. The van der Waals surface area contributed by atoms with Crippen LogP contribution in [0.2, 0.25) is 0 Å². The highest BCUT2D eigenvalue weighted by Crippen LogP contribution is 2.49. The summed E-state index contributed by atoms with van der Waals surface area (Å²) in [4.78, 5) is 20.3. The number of carbonyl (C=O) groups excluding carboxylic acids is 1. The molecule has 2 saturated carbocycles. The zero-order valence-electron chi connectivity index (χ0n) is 22.1. The summed E-state index contributed by atoms with van der Waals surface area (Å²) in [5, 5.41) is 12.3. The van der Waals surface area contributed by atoms with Gasteiger partial charge in [-0.25, -0.2) is 13.8 Å². The van der Waals surface area contributed by atoms with Crippen LogP contribution >= 0.6 is 21.9 Å². The predicted octanol–water partition coefficient (Wildman–Crippen LogP) is 6.57. The number of hydrogen-bond acceptors (Lipinski definition) is 7. The number of benzene rings is 1. The number of halogens is 5. The number of nitrogens with zero attached hydrogens (tertiary/aromatic N) is 3. The number of rotatable bonds is 7. The van der Waals surface area contributed by atoms with Crippen molar-refractivity contribution in [3.05, 3.63) is 35.0 Å². The second kappa shape index (κ2) is 11.0. The molecule has 0 bridgehead atoms. The Morgan fingerprint density at radius 2 is 1.83 bits per heavy atom. The fourth-order valence-electron chi connectivity index (χ4n) is 5.46. The van der Waals surface area contributed by atoms with Gasteiger partial charge in [0.05, 0.1) is 39.1 Å². The van der Waals surface area contributed by atoms with E-state index in [9.17, 15) is 41.1 Å². The standard InChI is InChI=1S/C27H31F5N4O3S2/c28-26(29)7-5-19(20(15-26)24(37)35-25(16-33)9-10-25)22-23(40-21(34-22)6-8-27(30,31)32)17-1-3-18(4-2-17)36-11-13-41(38,39)14-12-36/h1-4,19-20,38-39H,5-15H2,(H,35,37)/t19-,20-/m1/s1. The van der Waals surface area contributed by atoms with E-state index in [1.165, 1.54) is 0 Å². The fraction of sp³-hybridized carbons (Fsp3) is 0.593. The first-order chi connectivity index (χ1) is 19.2. The molecule has 0 radical (unpaired) electrons. The van der Waals surface area contributed by atoms with Gasteiger partial charge in [0.2, 0.25) is 11.8 Å². The molecule has 1 aromatic heterocycles. The summed E-state index contributed by atoms with van der Waals surface area (Å²) >= 11 is 1.07. The van der Waals surface area contributed by atoms with Gasteiger partial charge in [0.25, 0.3) is 0 Å². The summed E-state index contributed by atoms with van der Waals surface area (Å²) in [5.41, 5.74) is 0.777. The van der Waals surface area contributed by atoms with E-state index >= 15 is 0 Å². The number of anilines is 1. The van der Waals surface area contributed by atoms with Crippen molar-refractivity contribution in [2.75, 3.05) is 29.5 Å². The van der Waals surface area contributed by atoms with E-state index in [4.69, 9.17) is 0 Å². The van der Waals surface area contributed by atoms with E-state index in [0.29, 0.717) is 42.1 Å². The van der Waals surface area contributed by atoms with Gasteiger partial charge in [-0.05, 0) is 37.0 Å². The highest BCUT2D eigenvalue weighted by atomic mass is 32.3. The number of aromatic nitrogens is 1. The molecule has 1 amide bonds. The largest absolute Gasteiger partial charge is 0.389 e. The predicted molar refractivity (Wildman–Crippen MR) is 147 cm³/mol. The molecule has 3 fully saturated rings. The van der Waals surface area contributed by atoms with Gasteiger partial charge in [-0.3, -0.25) is 13.9 Å². The van der Waals surface area contributed by atoms with Crippen molar-refractivity contribution in [1.29, 1.82) is 5.26 Å². The number of nitrogens with one attached hydrogen (secondary N) is 1. The van der Waals surface area contributed by atoms with E-state index in [1.807, 2.05) is 23.1 Å². The number of aryl methyl sites for hydroxylation is 1. The average molecular weight is 619 g/mol. The first-order valence-electron chi connectivity index (χ1n) is 13.4. The van der Waals surface area contributed by atoms with Crippen LogP contribution in [0.1, 0.15) is 55.1 Å². The molecule has 2 atom stereocenters. The van der Waals surface area contributed by atoms with Crippen LogP contribution in [-0.2, 0) is 11.2 Å². The Morgan fingerprint density at radius 1 is 1.17 bits per heavy atom. The van der Waals surface area contributed by atoms with E-state index in [0.717, 1.165) is 17.0 Å². The van der Waals surface area contributed by atoms with Crippen molar-refractivity contribution in [3.63, 3.8) is 0 Å². The number of carbonyl (C=O) groups is 1. The lowest BCUT2D eigenvalue weighted by molar-refractivity contribution is -0.134. The second-order valence-electron chi connectivity index (χ2n) is 11.2. The summed E-state index contributed by atoms with van der Waals surface area (Å²) in [6.07, 6.45) is -6.24. The Bertz CT molecular complexity index is 1310. The summed E-state index contributed by atoms with van der Waals surface area (Å²) in [6.45, 7) is 0.929. The molecule has 2 heterocycles. The Labute approximate surface area is 240 Å². The van der Waals surface area contributed by atoms with Gasteiger partial charge in [-0.1, -0.05) is 12.1 Å². The van der Waals surface area contributed by atoms with Crippen LogP contribution in [0.3, 0.4) is 0 Å². The maximum Gasteiger partial charge on any atom is 0.389 e. The van der Waals surface area contributed by atoms with Gasteiger partial charge < -0.3 is 10.2 Å². The lowest BCUT2D eigenvalue weighted by Gasteiger charge is -2.41. The van der Waals surface area contributed by atoms with Crippen molar-refractivity contribution in [1.82, 2.24) is 10.3 Å². The summed E-state index contributed by atoms with van der Waals surface area (Å²) in [7, 11) is -2.57. The highest BCUT2D eigenvalue weighted by molar-refractivity contribution is 8.24. The minimum atomic E-state index is -4.39. The van der Waals surface area contributed by atoms with Gasteiger partial charge in [-0.2, -0.15) is 29.0 Å². The molecule has 3 N–H and O–H groups in total. The average Bonchev–Trinajstić information content (AvgIpc) is 3.55. The molecule has 1 saturated heterocycles. The van der Waals surface area contributed by atoms with Crippen molar-refractivity contribution in [2.45, 2.75) is 68.5 Å². The van der Waals surface area contributed by atoms with Gasteiger partial charge in [0.15, 0.2) is 0 Å². The van der Waals surface area contributed by atoms with Crippen LogP contribution in [0.15, 0.2) is 24.3 Å². The summed E-state index contributed by atoms with van der Waals surface area (Å²) in [6, 6.07) is 9.26. The van der Waals surface area contributed by atoms with Crippen molar-refractivity contribution in [3.8, 4) is 16.5 Å². The summed E-state index contributed by atoms with van der Waals surface area (Å²) in [5.74, 6) is -5.15. The number of nitriles is 1. The molecular formula is C27H31F5N4O3S2. The van der Waals surface area contributed by atoms with Crippen LogP contribution in [0.25, 0.3) is 10.4 Å². The molecule has 41 heavy (non-hydrogen) atoms. The zero-order chi connectivity index (χ0) is 29.6. The molecule has 5 rings (SSSR count). The maximum absolute atomic E-state index is 14.6. The number of alkyl halides is 5. The molecule has 2 aliphatic carbocycles. The quantitative estimate of drug-likeness (QED) is 0.303. The Hall–Kier alpha value is -2.47. The molecule has 2 aromatic rings. The van der Waals surface area contributed by atoms with Crippen LogP contribution < -0.4 is 10.2 Å². The molecule has 0 unspecified atom stereocenters. The van der Waals surface area contributed by atoms with Gasteiger partial charge in [0.1, 0.15) is 5.54 Å². The van der Waals surface area contributed by atoms with E-state index in [-0.39, 0.29) is 29.4 Å². The number of amides is 1. The molecule has 1 aliphatic heterocycles. The van der Waals surface area contributed by atoms with Crippen LogP contribution in [0, 0.1) is 17.2 Å². The SMILES string of the molecule is N#CC1(NC(=O)[C@@H]2CC(F)(F)CC[C@H]2c2nc(CCC(F)(F)F)sc2-c2ccc(N3CCS(O)(O)CC3)cc2)CC1. The Morgan fingerprint density at radius 3 is 2.41 bits per heavy atom. The van der Waals surface area contributed by atoms with Crippen molar-refractivity contribution < 1.29 is 35.9 Å². The van der Waals surface area contributed by atoms with Crippen LogP contribution in [0.5, 0.6) is 0 Å². The first kappa shape index (κ1) is 30.0. The fourth-order valence-corrected chi connectivity index (χ4v) is 7.82. The first-order valence-corrected chi connectivity index (χ1v) is 16.1. The smallest absolute Gasteiger partial charge is 0.368 e.